The minimum atomic E-state index is 0.354. The van der Waals surface area contributed by atoms with E-state index in [9.17, 15) is 0 Å². The van der Waals surface area contributed by atoms with Crippen molar-refractivity contribution in [1.82, 2.24) is 9.88 Å². The van der Waals surface area contributed by atoms with Crippen LogP contribution in [0.3, 0.4) is 0 Å². The second kappa shape index (κ2) is 7.12. The van der Waals surface area contributed by atoms with Crippen molar-refractivity contribution >= 4 is 0 Å². The molecule has 0 bridgehead atoms. The Morgan fingerprint density at radius 3 is 2.74 bits per heavy atom. The van der Waals surface area contributed by atoms with E-state index in [0.717, 1.165) is 19.7 Å². The summed E-state index contributed by atoms with van der Waals surface area (Å²) in [6, 6.07) is 13.0. The van der Waals surface area contributed by atoms with Crippen molar-refractivity contribution in [2.75, 3.05) is 20.3 Å². The molecule has 0 aliphatic heterocycles. The highest BCUT2D eigenvalue weighted by Gasteiger charge is 2.06. The van der Waals surface area contributed by atoms with E-state index in [1.165, 1.54) is 11.1 Å². The van der Waals surface area contributed by atoms with Gasteiger partial charge in [0.2, 0.25) is 0 Å². The summed E-state index contributed by atoms with van der Waals surface area (Å²) in [5, 5.41) is 3.44. The van der Waals surface area contributed by atoms with Crippen molar-refractivity contribution in [1.29, 1.82) is 0 Å². The summed E-state index contributed by atoms with van der Waals surface area (Å²) in [6.07, 6.45) is 4.34. The van der Waals surface area contributed by atoms with Crippen LogP contribution in [0.1, 0.15) is 24.1 Å². The third-order valence-corrected chi connectivity index (χ3v) is 3.24. The van der Waals surface area contributed by atoms with E-state index in [2.05, 4.69) is 59.5 Å². The summed E-state index contributed by atoms with van der Waals surface area (Å²) in [6.45, 7) is 4.72. The van der Waals surface area contributed by atoms with E-state index in [1.807, 2.05) is 6.07 Å². The van der Waals surface area contributed by atoms with Crippen molar-refractivity contribution in [3.05, 3.63) is 59.9 Å². The van der Waals surface area contributed by atoms with Gasteiger partial charge in [0.15, 0.2) is 0 Å². The van der Waals surface area contributed by atoms with Crippen LogP contribution in [-0.4, -0.2) is 24.8 Å². The van der Waals surface area contributed by atoms with Gasteiger partial charge in [-0.3, -0.25) is 0 Å². The zero-order valence-corrected chi connectivity index (χ0v) is 11.7. The van der Waals surface area contributed by atoms with Crippen LogP contribution in [0.15, 0.2) is 48.8 Å². The number of aromatic nitrogens is 1. The van der Waals surface area contributed by atoms with Crippen LogP contribution in [-0.2, 0) is 11.3 Å². The number of benzene rings is 1. The van der Waals surface area contributed by atoms with Crippen molar-refractivity contribution in [2.24, 2.45) is 0 Å². The molecule has 0 fully saturated rings. The Hall–Kier alpha value is -1.58. The predicted molar refractivity (Wildman–Crippen MR) is 78.3 cm³/mol. The first kappa shape index (κ1) is 13.8. The van der Waals surface area contributed by atoms with E-state index in [1.54, 1.807) is 7.11 Å². The van der Waals surface area contributed by atoms with Crippen molar-refractivity contribution in [3.63, 3.8) is 0 Å². The SMILES string of the molecule is COCCN[C@@H](C)c1ccn(Cc2ccccc2)c1. The van der Waals surface area contributed by atoms with Crippen LogP contribution < -0.4 is 5.32 Å². The van der Waals surface area contributed by atoms with Crippen molar-refractivity contribution in [3.8, 4) is 0 Å². The fourth-order valence-corrected chi connectivity index (χ4v) is 2.10. The number of ether oxygens (including phenoxy) is 1. The smallest absolute Gasteiger partial charge is 0.0587 e. The van der Waals surface area contributed by atoms with Gasteiger partial charge in [0, 0.05) is 38.6 Å². The topological polar surface area (TPSA) is 26.2 Å². The van der Waals surface area contributed by atoms with Gasteiger partial charge in [-0.05, 0) is 24.1 Å². The lowest BCUT2D eigenvalue weighted by molar-refractivity contribution is 0.196. The van der Waals surface area contributed by atoms with E-state index >= 15 is 0 Å². The van der Waals surface area contributed by atoms with Gasteiger partial charge in [0.05, 0.1) is 6.61 Å². The van der Waals surface area contributed by atoms with Crippen LogP contribution in [0.5, 0.6) is 0 Å². The first-order valence-electron chi connectivity index (χ1n) is 6.71. The van der Waals surface area contributed by atoms with Gasteiger partial charge in [-0.25, -0.2) is 0 Å². The number of nitrogens with zero attached hydrogens (tertiary/aromatic N) is 1. The molecule has 19 heavy (non-hydrogen) atoms. The highest BCUT2D eigenvalue weighted by molar-refractivity contribution is 5.19. The highest BCUT2D eigenvalue weighted by Crippen LogP contribution is 2.13. The number of hydrogen-bond donors (Lipinski definition) is 1. The maximum atomic E-state index is 5.04. The van der Waals surface area contributed by atoms with Crippen LogP contribution in [0.4, 0.5) is 0 Å². The van der Waals surface area contributed by atoms with Gasteiger partial charge in [0.1, 0.15) is 0 Å². The van der Waals surface area contributed by atoms with Gasteiger partial charge in [-0.1, -0.05) is 30.3 Å². The molecule has 3 nitrogen and oxygen atoms in total. The van der Waals surface area contributed by atoms with Crippen LogP contribution in [0, 0.1) is 0 Å². The fraction of sp³-hybridized carbons (Fsp3) is 0.375. The quantitative estimate of drug-likeness (QED) is 0.773. The lowest BCUT2D eigenvalue weighted by Crippen LogP contribution is -2.22. The van der Waals surface area contributed by atoms with Gasteiger partial charge in [-0.2, -0.15) is 0 Å². The molecule has 2 aromatic rings. The van der Waals surface area contributed by atoms with Gasteiger partial charge < -0.3 is 14.6 Å². The molecular formula is C16H22N2O. The Morgan fingerprint density at radius 1 is 1.21 bits per heavy atom. The lowest BCUT2D eigenvalue weighted by atomic mass is 10.2. The number of hydrogen-bond acceptors (Lipinski definition) is 2. The first-order chi connectivity index (χ1) is 9.29. The standard InChI is InChI=1S/C16H22N2O/c1-14(17-9-11-19-2)16-8-10-18(13-16)12-15-6-4-3-5-7-15/h3-8,10,13-14,17H,9,11-12H2,1-2H3/t14-/m0/s1. The number of methoxy groups -OCH3 is 1. The molecule has 1 aromatic heterocycles. The van der Waals surface area contributed by atoms with E-state index < -0.39 is 0 Å². The molecule has 0 unspecified atom stereocenters. The number of nitrogens with one attached hydrogen (secondary N) is 1. The zero-order valence-electron chi connectivity index (χ0n) is 11.7. The minimum absolute atomic E-state index is 0.354. The van der Waals surface area contributed by atoms with E-state index in [-0.39, 0.29) is 0 Å². The Bertz CT molecular complexity index is 479. The summed E-state index contributed by atoms with van der Waals surface area (Å²) in [5.74, 6) is 0. The third kappa shape index (κ3) is 4.23. The molecule has 102 valence electrons. The molecule has 3 heteroatoms. The summed E-state index contributed by atoms with van der Waals surface area (Å²) < 4.78 is 7.27. The number of rotatable bonds is 7. The molecule has 2 rings (SSSR count). The predicted octanol–water partition coefficient (Wildman–Crippen LogP) is 2.83. The van der Waals surface area contributed by atoms with Gasteiger partial charge >= 0.3 is 0 Å². The monoisotopic (exact) mass is 258 g/mol. The van der Waals surface area contributed by atoms with Gasteiger partial charge in [-0.15, -0.1) is 0 Å². The molecule has 0 amide bonds. The Morgan fingerprint density at radius 2 is 2.00 bits per heavy atom. The molecule has 0 aliphatic carbocycles. The Kier molecular flexibility index (Phi) is 5.19. The van der Waals surface area contributed by atoms with Crippen LogP contribution in [0.2, 0.25) is 0 Å². The second-order valence-corrected chi connectivity index (χ2v) is 4.77. The average Bonchev–Trinajstić information content (AvgIpc) is 2.89. The summed E-state index contributed by atoms with van der Waals surface area (Å²) >= 11 is 0. The molecule has 0 radical (unpaired) electrons. The Labute approximate surface area is 115 Å². The molecule has 1 N–H and O–H groups in total. The molecule has 1 aromatic carbocycles. The Balaban J connectivity index is 1.91. The second-order valence-electron chi connectivity index (χ2n) is 4.77. The fourth-order valence-electron chi connectivity index (χ4n) is 2.10. The molecule has 1 heterocycles. The summed E-state index contributed by atoms with van der Waals surface area (Å²) in [4.78, 5) is 0. The first-order valence-corrected chi connectivity index (χ1v) is 6.71. The maximum absolute atomic E-state index is 5.04. The maximum Gasteiger partial charge on any atom is 0.0587 e. The molecule has 0 spiro atoms. The van der Waals surface area contributed by atoms with Crippen molar-refractivity contribution < 1.29 is 4.74 Å². The molecule has 0 saturated heterocycles. The van der Waals surface area contributed by atoms with Gasteiger partial charge in [0.25, 0.3) is 0 Å². The third-order valence-electron chi connectivity index (χ3n) is 3.24. The van der Waals surface area contributed by atoms with E-state index in [0.29, 0.717) is 6.04 Å². The molecular weight excluding hydrogens is 236 g/mol. The van der Waals surface area contributed by atoms with E-state index in [4.69, 9.17) is 4.74 Å². The minimum Gasteiger partial charge on any atom is -0.383 e. The molecule has 0 saturated carbocycles. The van der Waals surface area contributed by atoms with Crippen LogP contribution >= 0.6 is 0 Å². The summed E-state index contributed by atoms with van der Waals surface area (Å²) in [5.41, 5.74) is 2.64. The summed E-state index contributed by atoms with van der Waals surface area (Å²) in [7, 11) is 1.72. The highest BCUT2D eigenvalue weighted by atomic mass is 16.5. The van der Waals surface area contributed by atoms with Crippen LogP contribution in [0.25, 0.3) is 0 Å². The molecule has 1 atom stereocenters. The normalized spacial score (nSPS) is 12.5. The zero-order chi connectivity index (χ0) is 13.5. The van der Waals surface area contributed by atoms with Crippen molar-refractivity contribution in [2.45, 2.75) is 19.5 Å². The molecule has 0 aliphatic rings. The lowest BCUT2D eigenvalue weighted by Gasteiger charge is -2.11. The average molecular weight is 258 g/mol. The largest absolute Gasteiger partial charge is 0.383 e.